The van der Waals surface area contributed by atoms with Gasteiger partial charge in [0.15, 0.2) is 0 Å². The van der Waals surface area contributed by atoms with E-state index in [2.05, 4.69) is 19.7 Å². The first-order valence-corrected chi connectivity index (χ1v) is 12.1. The fourth-order valence-electron chi connectivity index (χ4n) is 3.52. The summed E-state index contributed by atoms with van der Waals surface area (Å²) in [6.45, 7) is -0.672. The number of amides is 1. The summed E-state index contributed by atoms with van der Waals surface area (Å²) >= 11 is 0. The van der Waals surface area contributed by atoms with Crippen molar-refractivity contribution in [2.45, 2.75) is 32.3 Å². The van der Waals surface area contributed by atoms with Gasteiger partial charge in [-0.2, -0.15) is 8.78 Å². The van der Waals surface area contributed by atoms with Gasteiger partial charge in [0.1, 0.15) is 11.5 Å². The minimum atomic E-state index is -3.85. The number of nitrogens with zero attached hydrogens (tertiary/aromatic N) is 1. The average molecular weight is 468 g/mol. The predicted molar refractivity (Wildman–Crippen MR) is 120 cm³/mol. The van der Waals surface area contributed by atoms with Crippen LogP contribution in [-0.4, -0.2) is 46.3 Å². The Hall–Kier alpha value is -2.88. The van der Waals surface area contributed by atoms with Crippen LogP contribution in [0.3, 0.4) is 0 Å². The molecule has 1 saturated heterocycles. The van der Waals surface area contributed by atoms with E-state index in [1.807, 2.05) is 12.1 Å². The molecule has 0 unspecified atom stereocenters. The number of nitrogens with one attached hydrogen (secondary N) is 2. The Morgan fingerprint density at radius 3 is 2.28 bits per heavy atom. The van der Waals surface area contributed by atoms with Crippen LogP contribution in [0.15, 0.2) is 48.5 Å². The van der Waals surface area contributed by atoms with Crippen LogP contribution in [-0.2, 0) is 21.2 Å². The molecule has 1 amide bonds. The lowest BCUT2D eigenvalue weighted by Crippen LogP contribution is -2.34. The van der Waals surface area contributed by atoms with Crippen LogP contribution < -0.4 is 19.7 Å². The van der Waals surface area contributed by atoms with Gasteiger partial charge < -0.3 is 15.0 Å². The van der Waals surface area contributed by atoms with Crippen molar-refractivity contribution >= 4 is 27.3 Å². The number of hydrogen-bond donors (Lipinski definition) is 2. The summed E-state index contributed by atoms with van der Waals surface area (Å²) < 4.78 is 55.6. The van der Waals surface area contributed by atoms with Crippen molar-refractivity contribution in [1.82, 2.24) is 5.32 Å². The zero-order valence-electron chi connectivity index (χ0n) is 17.6. The summed E-state index contributed by atoms with van der Waals surface area (Å²) in [7, 11) is -3.85. The number of sulfonamides is 1. The van der Waals surface area contributed by atoms with E-state index in [-0.39, 0.29) is 12.3 Å². The number of carbonyl (C=O) groups excluding carboxylic acids is 1. The van der Waals surface area contributed by atoms with Gasteiger partial charge in [-0.15, -0.1) is 0 Å². The quantitative estimate of drug-likeness (QED) is 0.559. The van der Waals surface area contributed by atoms with Gasteiger partial charge in [-0.3, -0.25) is 9.52 Å². The van der Waals surface area contributed by atoms with Gasteiger partial charge in [-0.1, -0.05) is 12.1 Å². The molecule has 10 heteroatoms. The third-order valence-corrected chi connectivity index (χ3v) is 6.26. The molecule has 2 aromatic rings. The lowest BCUT2D eigenvalue weighted by molar-refractivity contribution is -0.118. The minimum absolute atomic E-state index is 0.0499. The number of halogens is 2. The van der Waals surface area contributed by atoms with Crippen molar-refractivity contribution in [3.8, 4) is 5.75 Å². The normalized spacial score (nSPS) is 14.3. The molecule has 1 aliphatic heterocycles. The molecular weight excluding hydrogens is 440 g/mol. The molecule has 1 fully saturated rings. The first kappa shape index (κ1) is 23.8. The molecule has 0 radical (unpaired) electrons. The molecule has 174 valence electrons. The number of hydrogen-bond acceptors (Lipinski definition) is 5. The third kappa shape index (κ3) is 7.67. The van der Waals surface area contributed by atoms with Crippen molar-refractivity contribution < 1.29 is 26.7 Å². The second-order valence-electron chi connectivity index (χ2n) is 7.58. The zero-order chi connectivity index (χ0) is 23.0. The van der Waals surface area contributed by atoms with E-state index in [1.165, 1.54) is 18.6 Å². The largest absolute Gasteiger partial charge is 0.435 e. The molecule has 0 aromatic heterocycles. The van der Waals surface area contributed by atoms with Crippen LogP contribution in [0.25, 0.3) is 0 Å². The van der Waals surface area contributed by atoms with Gasteiger partial charge in [-0.25, -0.2) is 8.42 Å². The Kier molecular flexibility index (Phi) is 8.26. The van der Waals surface area contributed by atoms with Crippen LogP contribution >= 0.6 is 0 Å². The first-order valence-electron chi connectivity index (χ1n) is 10.5. The Morgan fingerprint density at radius 1 is 1.00 bits per heavy atom. The minimum Gasteiger partial charge on any atom is -0.435 e. The Morgan fingerprint density at radius 2 is 1.66 bits per heavy atom. The lowest BCUT2D eigenvalue weighted by Gasteiger charge is -2.28. The SMILES string of the molecule is O=C(CS(=O)(=O)Nc1ccc(N2CCCCC2)cc1)NCCc1ccc(OC(F)F)cc1. The monoisotopic (exact) mass is 467 g/mol. The molecule has 32 heavy (non-hydrogen) atoms. The third-order valence-electron chi connectivity index (χ3n) is 5.07. The summed E-state index contributed by atoms with van der Waals surface area (Å²) in [5, 5.41) is 2.56. The van der Waals surface area contributed by atoms with Gasteiger partial charge in [0.25, 0.3) is 0 Å². The standard InChI is InChI=1S/C22H27F2N3O4S/c23-22(24)31-20-10-4-17(5-11-20)12-13-25-21(28)16-32(29,30)26-18-6-8-19(9-7-18)27-14-2-1-3-15-27/h4-11,22,26H,1-3,12-16H2,(H,25,28). The highest BCUT2D eigenvalue weighted by molar-refractivity contribution is 7.93. The summed E-state index contributed by atoms with van der Waals surface area (Å²) in [6.07, 6.45) is 3.97. The Bertz CT molecular complexity index is 977. The van der Waals surface area contributed by atoms with Crippen molar-refractivity contribution in [3.63, 3.8) is 0 Å². The van der Waals surface area contributed by atoms with Crippen LogP contribution in [0.5, 0.6) is 5.75 Å². The predicted octanol–water partition coefficient (Wildman–Crippen LogP) is 3.38. The second kappa shape index (κ2) is 11.1. The molecule has 2 N–H and O–H groups in total. The fourth-order valence-corrected chi connectivity index (χ4v) is 4.53. The highest BCUT2D eigenvalue weighted by Crippen LogP contribution is 2.22. The maximum Gasteiger partial charge on any atom is 0.387 e. The number of rotatable bonds is 10. The number of benzene rings is 2. The molecule has 0 bridgehead atoms. The van der Waals surface area contributed by atoms with Gasteiger partial charge in [0, 0.05) is 31.0 Å². The van der Waals surface area contributed by atoms with Gasteiger partial charge >= 0.3 is 6.61 Å². The number of alkyl halides is 2. The number of piperidine rings is 1. The molecule has 1 aliphatic rings. The molecular formula is C22H27F2N3O4S. The molecule has 1 heterocycles. The highest BCUT2D eigenvalue weighted by atomic mass is 32.2. The van der Waals surface area contributed by atoms with Crippen molar-refractivity contribution in [3.05, 3.63) is 54.1 Å². The topological polar surface area (TPSA) is 87.7 Å². The van der Waals surface area contributed by atoms with Gasteiger partial charge in [0.2, 0.25) is 15.9 Å². The van der Waals surface area contributed by atoms with Gasteiger partial charge in [-0.05, 0) is 67.6 Å². The maximum atomic E-state index is 12.3. The molecule has 7 nitrogen and oxygen atoms in total. The summed E-state index contributed by atoms with van der Waals surface area (Å²) in [5.74, 6) is -1.27. The Balaban J connectivity index is 1.42. The summed E-state index contributed by atoms with van der Waals surface area (Å²) in [5.41, 5.74) is 2.26. The zero-order valence-corrected chi connectivity index (χ0v) is 18.4. The second-order valence-corrected chi connectivity index (χ2v) is 9.30. The van der Waals surface area contributed by atoms with E-state index in [1.54, 1.807) is 24.3 Å². The average Bonchev–Trinajstić information content (AvgIpc) is 2.75. The number of anilines is 2. The molecule has 3 rings (SSSR count). The van der Waals surface area contributed by atoms with Crippen molar-refractivity contribution in [1.29, 1.82) is 0 Å². The molecule has 2 aromatic carbocycles. The van der Waals surface area contributed by atoms with Gasteiger partial charge in [0.05, 0.1) is 0 Å². The highest BCUT2D eigenvalue weighted by Gasteiger charge is 2.17. The van der Waals surface area contributed by atoms with E-state index in [0.29, 0.717) is 12.1 Å². The summed E-state index contributed by atoms with van der Waals surface area (Å²) in [6, 6.07) is 13.2. The molecule has 0 atom stereocenters. The number of carbonyl (C=O) groups is 1. The van der Waals surface area contributed by atoms with Crippen molar-refractivity contribution in [2.75, 3.05) is 35.0 Å². The molecule has 0 aliphatic carbocycles. The number of ether oxygens (including phenoxy) is 1. The maximum absolute atomic E-state index is 12.3. The fraction of sp³-hybridized carbons (Fsp3) is 0.409. The van der Waals surface area contributed by atoms with Crippen LogP contribution in [0, 0.1) is 0 Å². The van der Waals surface area contributed by atoms with Crippen LogP contribution in [0.4, 0.5) is 20.2 Å². The Labute approximate surface area is 186 Å². The molecule has 0 spiro atoms. The van der Waals surface area contributed by atoms with E-state index in [9.17, 15) is 22.0 Å². The lowest BCUT2D eigenvalue weighted by atomic mass is 10.1. The van der Waals surface area contributed by atoms with E-state index in [0.717, 1.165) is 37.2 Å². The first-order chi connectivity index (χ1) is 15.3. The summed E-state index contributed by atoms with van der Waals surface area (Å²) in [4.78, 5) is 14.3. The van der Waals surface area contributed by atoms with E-state index in [4.69, 9.17) is 0 Å². The molecule has 0 saturated carbocycles. The van der Waals surface area contributed by atoms with E-state index < -0.39 is 28.3 Å². The van der Waals surface area contributed by atoms with Crippen LogP contribution in [0.1, 0.15) is 24.8 Å². The van der Waals surface area contributed by atoms with Crippen LogP contribution in [0.2, 0.25) is 0 Å². The smallest absolute Gasteiger partial charge is 0.387 e. The van der Waals surface area contributed by atoms with Crippen molar-refractivity contribution in [2.24, 2.45) is 0 Å². The van der Waals surface area contributed by atoms with E-state index >= 15 is 0 Å².